The van der Waals surface area contributed by atoms with Gasteiger partial charge in [0.2, 0.25) is 0 Å². The zero-order valence-corrected chi connectivity index (χ0v) is 5.63. The molecule has 1 saturated heterocycles. The Balaban J connectivity index is 2.38. The molecule has 1 rings (SSSR count). The van der Waals surface area contributed by atoms with Crippen LogP contribution in [0.25, 0.3) is 0 Å². The molecular formula is C6H12N2O. The summed E-state index contributed by atoms with van der Waals surface area (Å²) in [7, 11) is 0. The fraction of sp³-hybridized carbons (Fsp3) is 1.00. The molecule has 0 aromatic rings. The zero-order valence-electron chi connectivity index (χ0n) is 5.63. The van der Waals surface area contributed by atoms with E-state index in [1.165, 1.54) is 0 Å². The van der Waals surface area contributed by atoms with Gasteiger partial charge in [0.15, 0.2) is 0 Å². The third kappa shape index (κ3) is 1.48. The molecule has 9 heavy (non-hydrogen) atoms. The molecule has 2 unspecified atom stereocenters. The number of nitrogens with one attached hydrogen (secondary N) is 1. The van der Waals surface area contributed by atoms with E-state index in [0.717, 1.165) is 19.4 Å². The standard InChI is InChI=1S/C6H12N2O/c1-5-6(8-9)3-2-4-7-5/h5-7H,2-4H2,1H3. The Morgan fingerprint density at radius 2 is 2.44 bits per heavy atom. The van der Waals surface area contributed by atoms with Crippen LogP contribution >= 0.6 is 0 Å². The highest BCUT2D eigenvalue weighted by Crippen LogP contribution is 2.10. The predicted octanol–water partition coefficient (Wildman–Crippen LogP) is 0.893. The van der Waals surface area contributed by atoms with Crippen molar-refractivity contribution in [3.8, 4) is 0 Å². The van der Waals surface area contributed by atoms with Crippen molar-refractivity contribution in [2.75, 3.05) is 6.54 Å². The number of piperidine rings is 1. The van der Waals surface area contributed by atoms with Gasteiger partial charge >= 0.3 is 0 Å². The number of rotatable bonds is 1. The second-order valence-corrected chi connectivity index (χ2v) is 2.56. The summed E-state index contributed by atoms with van der Waals surface area (Å²) in [6.45, 7) is 3.04. The summed E-state index contributed by atoms with van der Waals surface area (Å²) < 4.78 is 0. The Morgan fingerprint density at radius 3 is 2.89 bits per heavy atom. The van der Waals surface area contributed by atoms with Crippen LogP contribution in [-0.2, 0) is 0 Å². The summed E-state index contributed by atoms with van der Waals surface area (Å²) in [5.74, 6) is 0. The number of hydrogen-bond acceptors (Lipinski definition) is 3. The molecule has 0 aromatic carbocycles. The third-order valence-electron chi connectivity index (χ3n) is 1.86. The summed E-state index contributed by atoms with van der Waals surface area (Å²) in [6.07, 6.45) is 2.04. The Hall–Kier alpha value is -0.440. The second-order valence-electron chi connectivity index (χ2n) is 2.56. The van der Waals surface area contributed by atoms with Crippen LogP contribution in [0, 0.1) is 4.91 Å². The van der Waals surface area contributed by atoms with Gasteiger partial charge in [-0.25, -0.2) is 0 Å². The minimum atomic E-state index is 0.0127. The van der Waals surface area contributed by atoms with Crippen molar-refractivity contribution in [3.63, 3.8) is 0 Å². The van der Waals surface area contributed by atoms with E-state index in [9.17, 15) is 4.91 Å². The molecule has 0 bridgehead atoms. The Bertz CT molecular complexity index is 105. The topological polar surface area (TPSA) is 41.5 Å². The van der Waals surface area contributed by atoms with Crippen molar-refractivity contribution in [2.24, 2.45) is 5.18 Å². The lowest BCUT2D eigenvalue weighted by Crippen LogP contribution is -2.41. The molecule has 52 valence electrons. The molecule has 0 aliphatic carbocycles. The van der Waals surface area contributed by atoms with Crippen LogP contribution in [-0.4, -0.2) is 18.6 Å². The second kappa shape index (κ2) is 2.92. The highest BCUT2D eigenvalue weighted by molar-refractivity contribution is 4.82. The quantitative estimate of drug-likeness (QED) is 0.533. The van der Waals surface area contributed by atoms with Gasteiger partial charge < -0.3 is 5.32 Å². The van der Waals surface area contributed by atoms with Crippen LogP contribution in [0.2, 0.25) is 0 Å². The molecule has 0 aromatic heterocycles. The molecular weight excluding hydrogens is 116 g/mol. The van der Waals surface area contributed by atoms with E-state index in [1.54, 1.807) is 0 Å². The Kier molecular flexibility index (Phi) is 2.16. The van der Waals surface area contributed by atoms with Crippen LogP contribution in [0.3, 0.4) is 0 Å². The number of nitroso groups, excluding NO2 is 1. The first kappa shape index (κ1) is 6.68. The lowest BCUT2D eigenvalue weighted by Gasteiger charge is -2.23. The average molecular weight is 128 g/mol. The van der Waals surface area contributed by atoms with Gasteiger partial charge in [-0.1, -0.05) is 5.18 Å². The maximum Gasteiger partial charge on any atom is 0.107 e. The molecule has 0 amide bonds. The maximum atomic E-state index is 10.1. The molecule has 0 saturated carbocycles. The van der Waals surface area contributed by atoms with Crippen LogP contribution in [0.15, 0.2) is 5.18 Å². The van der Waals surface area contributed by atoms with Crippen LogP contribution < -0.4 is 5.32 Å². The normalized spacial score (nSPS) is 36.1. The highest BCUT2D eigenvalue weighted by atomic mass is 16.3. The molecule has 0 radical (unpaired) electrons. The van der Waals surface area contributed by atoms with Gasteiger partial charge in [0, 0.05) is 6.04 Å². The number of hydrogen-bond donors (Lipinski definition) is 1. The molecule has 0 spiro atoms. The van der Waals surface area contributed by atoms with Crippen LogP contribution in [0.1, 0.15) is 19.8 Å². The first-order chi connectivity index (χ1) is 4.34. The van der Waals surface area contributed by atoms with Crippen LogP contribution in [0.5, 0.6) is 0 Å². The van der Waals surface area contributed by atoms with Crippen molar-refractivity contribution >= 4 is 0 Å². The van der Waals surface area contributed by atoms with Gasteiger partial charge in [-0.05, 0) is 26.3 Å². The van der Waals surface area contributed by atoms with Crippen molar-refractivity contribution < 1.29 is 0 Å². The minimum Gasteiger partial charge on any atom is -0.312 e. The fourth-order valence-corrected chi connectivity index (χ4v) is 1.17. The molecule has 1 aliphatic rings. The monoisotopic (exact) mass is 128 g/mol. The first-order valence-electron chi connectivity index (χ1n) is 3.40. The Morgan fingerprint density at radius 1 is 1.67 bits per heavy atom. The van der Waals surface area contributed by atoms with Crippen molar-refractivity contribution in [3.05, 3.63) is 4.91 Å². The van der Waals surface area contributed by atoms with Gasteiger partial charge in [0.25, 0.3) is 0 Å². The SMILES string of the molecule is CC1NCCCC1N=O. The van der Waals surface area contributed by atoms with E-state index in [2.05, 4.69) is 10.5 Å². The molecule has 1 aliphatic heterocycles. The van der Waals surface area contributed by atoms with Gasteiger partial charge in [-0.15, -0.1) is 0 Å². The molecule has 3 heteroatoms. The third-order valence-corrected chi connectivity index (χ3v) is 1.86. The molecule has 3 nitrogen and oxygen atoms in total. The highest BCUT2D eigenvalue weighted by Gasteiger charge is 2.20. The first-order valence-corrected chi connectivity index (χ1v) is 3.40. The van der Waals surface area contributed by atoms with E-state index in [4.69, 9.17) is 0 Å². The Labute approximate surface area is 54.8 Å². The van der Waals surface area contributed by atoms with E-state index >= 15 is 0 Å². The zero-order chi connectivity index (χ0) is 6.69. The van der Waals surface area contributed by atoms with E-state index in [-0.39, 0.29) is 12.1 Å². The van der Waals surface area contributed by atoms with Crippen molar-refractivity contribution in [1.29, 1.82) is 0 Å². The summed E-state index contributed by atoms with van der Waals surface area (Å²) in [5.41, 5.74) is 0. The smallest absolute Gasteiger partial charge is 0.107 e. The van der Waals surface area contributed by atoms with Crippen molar-refractivity contribution in [2.45, 2.75) is 31.8 Å². The molecule has 1 heterocycles. The van der Waals surface area contributed by atoms with Crippen LogP contribution in [0.4, 0.5) is 0 Å². The van der Waals surface area contributed by atoms with E-state index < -0.39 is 0 Å². The van der Waals surface area contributed by atoms with Gasteiger partial charge in [-0.2, -0.15) is 4.91 Å². The van der Waals surface area contributed by atoms with Crippen molar-refractivity contribution in [1.82, 2.24) is 5.32 Å². The minimum absolute atomic E-state index is 0.0127. The lowest BCUT2D eigenvalue weighted by molar-refractivity contribution is 0.371. The lowest BCUT2D eigenvalue weighted by atomic mass is 10.0. The van der Waals surface area contributed by atoms with Gasteiger partial charge in [0.1, 0.15) is 6.04 Å². The van der Waals surface area contributed by atoms with E-state index in [0.29, 0.717) is 0 Å². The molecule has 1 fully saturated rings. The molecule has 2 atom stereocenters. The summed E-state index contributed by atoms with van der Waals surface area (Å²) in [5, 5.41) is 6.21. The predicted molar refractivity (Wildman–Crippen MR) is 36.3 cm³/mol. The average Bonchev–Trinajstić information content (AvgIpc) is 1.89. The van der Waals surface area contributed by atoms with Gasteiger partial charge in [-0.3, -0.25) is 0 Å². The maximum absolute atomic E-state index is 10.1. The summed E-state index contributed by atoms with van der Waals surface area (Å²) >= 11 is 0. The fourth-order valence-electron chi connectivity index (χ4n) is 1.17. The summed E-state index contributed by atoms with van der Waals surface area (Å²) in [4.78, 5) is 10.1. The van der Waals surface area contributed by atoms with E-state index in [1.807, 2.05) is 6.92 Å². The summed E-state index contributed by atoms with van der Waals surface area (Å²) in [6, 6.07) is 0.301. The number of nitrogens with zero attached hydrogens (tertiary/aromatic N) is 1. The molecule has 1 N–H and O–H groups in total. The van der Waals surface area contributed by atoms with Gasteiger partial charge in [0.05, 0.1) is 0 Å². The largest absolute Gasteiger partial charge is 0.312 e.